The van der Waals surface area contributed by atoms with Gasteiger partial charge in [0.2, 0.25) is 5.91 Å². The monoisotopic (exact) mass is 421 g/mol. The zero-order valence-corrected chi connectivity index (χ0v) is 17.7. The number of urea groups is 1. The minimum absolute atomic E-state index is 0.0655. The maximum absolute atomic E-state index is 12.3. The summed E-state index contributed by atoms with van der Waals surface area (Å²) in [4.78, 5) is 24.4. The molecule has 4 rings (SSSR count). The van der Waals surface area contributed by atoms with Crippen LogP contribution in [0.1, 0.15) is 35.7 Å². The summed E-state index contributed by atoms with van der Waals surface area (Å²) in [6, 6.07) is 14.9. The van der Waals surface area contributed by atoms with E-state index in [1.165, 1.54) is 11.8 Å². The van der Waals surface area contributed by atoms with E-state index in [2.05, 4.69) is 20.8 Å². The van der Waals surface area contributed by atoms with E-state index in [9.17, 15) is 9.59 Å². The van der Waals surface area contributed by atoms with Crippen LogP contribution in [0.4, 0.5) is 10.5 Å². The number of nitrogens with zero attached hydrogens (tertiary/aromatic N) is 3. The Morgan fingerprint density at radius 3 is 2.53 bits per heavy atom. The number of amides is 3. The van der Waals surface area contributed by atoms with Crippen LogP contribution in [0, 0.1) is 13.8 Å². The lowest BCUT2D eigenvalue weighted by molar-refractivity contribution is -0.117. The topological polar surface area (TPSA) is 88.9 Å². The van der Waals surface area contributed by atoms with Crippen molar-refractivity contribution >= 4 is 29.4 Å². The van der Waals surface area contributed by atoms with Crippen LogP contribution < -0.4 is 10.6 Å². The number of hydrogen-bond donors (Lipinski definition) is 2. The van der Waals surface area contributed by atoms with Gasteiger partial charge in [-0.2, -0.15) is 0 Å². The molecule has 2 aromatic carbocycles. The zero-order valence-electron chi connectivity index (χ0n) is 16.9. The minimum Gasteiger partial charge on any atom is -0.308 e. The van der Waals surface area contributed by atoms with E-state index in [4.69, 9.17) is 0 Å². The molecular weight excluding hydrogens is 398 g/mol. The lowest BCUT2D eigenvalue weighted by Crippen LogP contribution is -2.35. The summed E-state index contributed by atoms with van der Waals surface area (Å²) < 4.78 is 2.00. The second-order valence-electron chi connectivity index (χ2n) is 7.38. The van der Waals surface area contributed by atoms with E-state index in [0.717, 1.165) is 35.5 Å². The Kier molecular flexibility index (Phi) is 5.85. The van der Waals surface area contributed by atoms with Crippen molar-refractivity contribution in [1.82, 2.24) is 20.1 Å². The maximum Gasteiger partial charge on any atom is 0.325 e. The number of para-hydroxylation sites is 1. The number of carbonyl (C=O) groups is 2. The number of aromatic nitrogens is 3. The smallest absolute Gasteiger partial charge is 0.308 e. The van der Waals surface area contributed by atoms with Crippen LogP contribution in [0.2, 0.25) is 0 Å². The number of anilines is 1. The largest absolute Gasteiger partial charge is 0.325 e. The van der Waals surface area contributed by atoms with E-state index in [-0.39, 0.29) is 5.75 Å². The van der Waals surface area contributed by atoms with Gasteiger partial charge in [-0.15, -0.1) is 10.2 Å². The van der Waals surface area contributed by atoms with Gasteiger partial charge in [0.05, 0.1) is 5.75 Å². The molecule has 1 aliphatic carbocycles. The highest BCUT2D eigenvalue weighted by molar-refractivity contribution is 7.99. The predicted octanol–water partition coefficient (Wildman–Crippen LogP) is 4.20. The highest BCUT2D eigenvalue weighted by Crippen LogP contribution is 2.41. The van der Waals surface area contributed by atoms with Crippen molar-refractivity contribution in [1.29, 1.82) is 0 Å². The third-order valence-corrected chi connectivity index (χ3v) is 5.89. The van der Waals surface area contributed by atoms with Gasteiger partial charge in [0, 0.05) is 17.3 Å². The van der Waals surface area contributed by atoms with Crippen molar-refractivity contribution in [3.05, 3.63) is 65.5 Å². The summed E-state index contributed by atoms with van der Waals surface area (Å²) in [6.07, 6.45) is 2.21. The van der Waals surface area contributed by atoms with Gasteiger partial charge in [-0.05, 0) is 62.1 Å². The molecule has 1 fully saturated rings. The Bertz CT molecular complexity index is 1080. The summed E-state index contributed by atoms with van der Waals surface area (Å²) in [5.41, 5.74) is 3.83. The number of aryl methyl sites for hydroxylation is 2. The quantitative estimate of drug-likeness (QED) is 0.582. The first kappa shape index (κ1) is 20.2. The molecule has 7 nitrogen and oxygen atoms in total. The van der Waals surface area contributed by atoms with Crippen molar-refractivity contribution in [2.24, 2.45) is 0 Å². The van der Waals surface area contributed by atoms with Crippen molar-refractivity contribution in [3.8, 4) is 5.69 Å². The zero-order chi connectivity index (χ0) is 21.1. The van der Waals surface area contributed by atoms with Gasteiger partial charge in [-0.1, -0.05) is 36.0 Å². The molecular formula is C22H23N5O2S. The first-order chi connectivity index (χ1) is 14.5. The van der Waals surface area contributed by atoms with Gasteiger partial charge in [0.15, 0.2) is 5.16 Å². The van der Waals surface area contributed by atoms with Crippen LogP contribution in [0.3, 0.4) is 0 Å². The molecule has 0 saturated heterocycles. The lowest BCUT2D eigenvalue weighted by atomic mass is 10.1. The van der Waals surface area contributed by atoms with Crippen molar-refractivity contribution in [3.63, 3.8) is 0 Å². The predicted molar refractivity (Wildman–Crippen MR) is 117 cm³/mol. The van der Waals surface area contributed by atoms with Gasteiger partial charge in [-0.25, -0.2) is 4.79 Å². The molecule has 30 heavy (non-hydrogen) atoms. The van der Waals surface area contributed by atoms with Gasteiger partial charge in [0.1, 0.15) is 5.82 Å². The molecule has 8 heteroatoms. The molecule has 1 saturated carbocycles. The molecule has 2 N–H and O–H groups in total. The Morgan fingerprint density at radius 2 is 1.83 bits per heavy atom. The van der Waals surface area contributed by atoms with E-state index < -0.39 is 11.9 Å². The molecule has 0 bridgehead atoms. The number of thioether (sulfide) groups is 1. The average molecular weight is 422 g/mol. The molecule has 154 valence electrons. The molecule has 3 aromatic rings. The number of rotatable bonds is 6. The Morgan fingerprint density at radius 1 is 1.07 bits per heavy atom. The van der Waals surface area contributed by atoms with Crippen LogP contribution in [-0.4, -0.2) is 32.5 Å². The molecule has 3 amide bonds. The van der Waals surface area contributed by atoms with E-state index in [1.54, 1.807) is 0 Å². The van der Waals surface area contributed by atoms with Crippen LogP contribution in [0.5, 0.6) is 0 Å². The fraction of sp³-hybridized carbons (Fsp3) is 0.273. The lowest BCUT2D eigenvalue weighted by Gasteiger charge is -2.10. The number of imide groups is 1. The van der Waals surface area contributed by atoms with E-state index in [1.807, 2.05) is 66.9 Å². The van der Waals surface area contributed by atoms with Crippen LogP contribution >= 0.6 is 11.8 Å². The first-order valence-electron chi connectivity index (χ1n) is 9.83. The van der Waals surface area contributed by atoms with Crippen molar-refractivity contribution in [2.45, 2.75) is 37.8 Å². The molecule has 1 heterocycles. The Labute approximate surface area is 179 Å². The highest BCUT2D eigenvalue weighted by Gasteiger charge is 2.31. The van der Waals surface area contributed by atoms with Gasteiger partial charge < -0.3 is 5.32 Å². The fourth-order valence-corrected chi connectivity index (χ4v) is 3.83. The highest BCUT2D eigenvalue weighted by atomic mass is 32.2. The van der Waals surface area contributed by atoms with Gasteiger partial charge >= 0.3 is 6.03 Å². The maximum atomic E-state index is 12.3. The Balaban J connectivity index is 1.38. The minimum atomic E-state index is -0.549. The SMILES string of the molecule is Cc1ccc(NC(=O)NC(=O)CSc2nnc(C3CC3)n2-c2ccccc2)cc1C. The molecule has 0 atom stereocenters. The van der Waals surface area contributed by atoms with E-state index >= 15 is 0 Å². The van der Waals surface area contributed by atoms with Crippen molar-refractivity contribution in [2.75, 3.05) is 11.1 Å². The van der Waals surface area contributed by atoms with Crippen LogP contribution in [-0.2, 0) is 4.79 Å². The fourth-order valence-electron chi connectivity index (χ4n) is 3.07. The molecule has 1 aromatic heterocycles. The number of hydrogen-bond acceptors (Lipinski definition) is 5. The standard InChI is InChI=1S/C22H23N5O2S/c1-14-8-11-17(12-15(14)2)23-21(29)24-19(28)13-30-22-26-25-20(16-9-10-16)27(22)18-6-4-3-5-7-18/h3-8,11-12,16H,9-10,13H2,1-2H3,(H2,23,24,28,29). The molecule has 0 radical (unpaired) electrons. The second-order valence-corrected chi connectivity index (χ2v) is 8.32. The number of carbonyl (C=O) groups excluding carboxylic acids is 2. The molecule has 0 spiro atoms. The number of nitrogens with one attached hydrogen (secondary N) is 2. The first-order valence-corrected chi connectivity index (χ1v) is 10.8. The van der Waals surface area contributed by atoms with Gasteiger partial charge in [0.25, 0.3) is 0 Å². The van der Waals surface area contributed by atoms with E-state index in [0.29, 0.717) is 16.8 Å². The Hall–Kier alpha value is -3.13. The average Bonchev–Trinajstić information content (AvgIpc) is 3.49. The summed E-state index contributed by atoms with van der Waals surface area (Å²) >= 11 is 1.27. The summed E-state index contributed by atoms with van der Waals surface area (Å²) in [6.45, 7) is 3.97. The van der Waals surface area contributed by atoms with Crippen LogP contribution in [0.25, 0.3) is 5.69 Å². The summed E-state index contributed by atoms with van der Waals surface area (Å²) in [5.74, 6) is 1.02. The second kappa shape index (κ2) is 8.71. The third kappa shape index (κ3) is 4.71. The molecule has 1 aliphatic rings. The normalized spacial score (nSPS) is 13.1. The van der Waals surface area contributed by atoms with Gasteiger partial charge in [-0.3, -0.25) is 14.7 Å². The van der Waals surface area contributed by atoms with Crippen molar-refractivity contribution < 1.29 is 9.59 Å². The molecule has 0 unspecified atom stereocenters. The summed E-state index contributed by atoms with van der Waals surface area (Å²) in [5, 5.41) is 14.3. The summed E-state index contributed by atoms with van der Waals surface area (Å²) in [7, 11) is 0. The number of benzene rings is 2. The molecule has 0 aliphatic heterocycles. The third-order valence-electron chi connectivity index (χ3n) is 4.97. The van der Waals surface area contributed by atoms with Crippen LogP contribution in [0.15, 0.2) is 53.7 Å².